The highest BCUT2D eigenvalue weighted by molar-refractivity contribution is 6.08. The van der Waals surface area contributed by atoms with Gasteiger partial charge < -0.3 is 4.90 Å². The number of anilines is 1. The van der Waals surface area contributed by atoms with Crippen LogP contribution in [-0.2, 0) is 5.41 Å². The first-order valence-electron chi connectivity index (χ1n) is 9.33. The van der Waals surface area contributed by atoms with Crippen molar-refractivity contribution in [2.75, 3.05) is 4.90 Å². The number of rotatable bonds is 2. The van der Waals surface area contributed by atoms with Crippen molar-refractivity contribution in [3.63, 3.8) is 0 Å². The summed E-state index contributed by atoms with van der Waals surface area (Å²) in [5.41, 5.74) is 3.63. The predicted molar refractivity (Wildman–Crippen MR) is 109 cm³/mol. The molecule has 0 saturated heterocycles. The van der Waals surface area contributed by atoms with E-state index in [4.69, 9.17) is 0 Å². The molecule has 2 heterocycles. The van der Waals surface area contributed by atoms with E-state index in [1.165, 1.54) is 11.1 Å². The Labute approximate surface area is 160 Å². The minimum atomic E-state index is -0.334. The van der Waals surface area contributed by atoms with E-state index in [2.05, 4.69) is 68.2 Å². The molecular weight excluding hydrogens is 332 g/mol. The Balaban J connectivity index is 1.90. The van der Waals surface area contributed by atoms with Gasteiger partial charge >= 0.3 is 0 Å². The number of hydrogen-bond donors (Lipinski definition) is 0. The minimum Gasteiger partial charge on any atom is -0.302 e. The molecule has 3 heteroatoms. The largest absolute Gasteiger partial charge is 0.302 e. The molecule has 0 fully saturated rings. The van der Waals surface area contributed by atoms with Crippen LogP contribution in [0.15, 0.2) is 79.1 Å². The molecule has 0 radical (unpaired) electrons. The van der Waals surface area contributed by atoms with Crippen LogP contribution in [0.5, 0.6) is 0 Å². The molecule has 136 valence electrons. The molecule has 1 aliphatic heterocycles. The second kappa shape index (κ2) is 6.34. The Kier molecular flexibility index (Phi) is 4.11. The van der Waals surface area contributed by atoms with Gasteiger partial charge in [-0.2, -0.15) is 0 Å². The summed E-state index contributed by atoms with van der Waals surface area (Å²) in [4.78, 5) is 19.4. The van der Waals surface area contributed by atoms with Crippen LogP contribution in [0.1, 0.15) is 48.7 Å². The van der Waals surface area contributed by atoms with Gasteiger partial charge in [0.1, 0.15) is 0 Å². The van der Waals surface area contributed by atoms with Gasteiger partial charge in [0.05, 0.1) is 0 Å². The van der Waals surface area contributed by atoms with E-state index in [1.54, 1.807) is 24.5 Å². The van der Waals surface area contributed by atoms with E-state index in [0.717, 1.165) is 12.1 Å². The molecule has 2 aromatic carbocycles. The van der Waals surface area contributed by atoms with E-state index >= 15 is 0 Å². The van der Waals surface area contributed by atoms with Gasteiger partial charge in [0.15, 0.2) is 0 Å². The van der Waals surface area contributed by atoms with Crippen molar-refractivity contribution in [2.45, 2.75) is 38.1 Å². The molecule has 0 saturated carbocycles. The molecule has 0 aliphatic carbocycles. The lowest BCUT2D eigenvalue weighted by atomic mass is 9.65. The van der Waals surface area contributed by atoms with Gasteiger partial charge in [-0.3, -0.25) is 9.78 Å². The number of carbonyl (C=O) groups is 1. The Bertz CT molecular complexity index is 966. The molecular formula is C24H24N2O. The van der Waals surface area contributed by atoms with Crippen LogP contribution in [0, 0.1) is 0 Å². The smallest absolute Gasteiger partial charge is 0.258 e. The fraction of sp³-hybridized carbons (Fsp3) is 0.250. The van der Waals surface area contributed by atoms with Crippen molar-refractivity contribution >= 4 is 11.6 Å². The molecule has 0 bridgehead atoms. The summed E-state index contributed by atoms with van der Waals surface area (Å²) in [6.45, 7) is 6.60. The SMILES string of the molecule is CC1(C)C[C@](C)(c2ccccc2)c2ccccc2N1C(=O)c1ccncc1. The second-order valence-electron chi connectivity index (χ2n) is 8.08. The summed E-state index contributed by atoms with van der Waals surface area (Å²) in [5.74, 6) is 0.0185. The van der Waals surface area contributed by atoms with Crippen LogP contribution in [0.4, 0.5) is 5.69 Å². The fourth-order valence-corrected chi connectivity index (χ4v) is 4.57. The summed E-state index contributed by atoms with van der Waals surface area (Å²) < 4.78 is 0. The average Bonchev–Trinajstić information content (AvgIpc) is 2.68. The first-order chi connectivity index (χ1) is 12.9. The van der Waals surface area contributed by atoms with Crippen molar-refractivity contribution in [3.05, 3.63) is 95.8 Å². The molecule has 3 aromatic rings. The van der Waals surface area contributed by atoms with Gasteiger partial charge in [0.2, 0.25) is 0 Å². The van der Waals surface area contributed by atoms with Crippen molar-refractivity contribution in [3.8, 4) is 0 Å². The Morgan fingerprint density at radius 3 is 2.22 bits per heavy atom. The maximum atomic E-state index is 13.4. The Hall–Kier alpha value is -2.94. The molecule has 3 nitrogen and oxygen atoms in total. The number of aromatic nitrogens is 1. The lowest BCUT2D eigenvalue weighted by Crippen LogP contribution is -2.55. The molecule has 4 rings (SSSR count). The van der Waals surface area contributed by atoms with Gasteiger partial charge in [0.25, 0.3) is 5.91 Å². The van der Waals surface area contributed by atoms with Crippen LogP contribution >= 0.6 is 0 Å². The number of carbonyl (C=O) groups excluding carboxylic acids is 1. The molecule has 1 aromatic heterocycles. The molecule has 1 aliphatic rings. The zero-order valence-electron chi connectivity index (χ0n) is 16.0. The highest BCUT2D eigenvalue weighted by Crippen LogP contribution is 2.50. The Morgan fingerprint density at radius 2 is 1.52 bits per heavy atom. The zero-order chi connectivity index (χ0) is 19.1. The number of hydrogen-bond acceptors (Lipinski definition) is 2. The molecule has 1 amide bonds. The molecule has 0 unspecified atom stereocenters. The van der Waals surface area contributed by atoms with E-state index in [-0.39, 0.29) is 16.9 Å². The second-order valence-corrected chi connectivity index (χ2v) is 8.08. The highest BCUT2D eigenvalue weighted by Gasteiger charge is 2.47. The number of para-hydroxylation sites is 1. The van der Waals surface area contributed by atoms with E-state index in [0.29, 0.717) is 5.56 Å². The van der Waals surface area contributed by atoms with E-state index in [9.17, 15) is 4.79 Å². The fourth-order valence-electron chi connectivity index (χ4n) is 4.57. The van der Waals surface area contributed by atoms with Crippen molar-refractivity contribution in [1.29, 1.82) is 0 Å². The monoisotopic (exact) mass is 356 g/mol. The van der Waals surface area contributed by atoms with Crippen LogP contribution in [-0.4, -0.2) is 16.4 Å². The third kappa shape index (κ3) is 2.84. The third-order valence-electron chi connectivity index (χ3n) is 5.67. The lowest BCUT2D eigenvalue weighted by molar-refractivity contribution is 0.0948. The number of benzene rings is 2. The molecule has 0 spiro atoms. The number of amides is 1. The first kappa shape index (κ1) is 17.5. The standard InChI is InChI=1S/C24H24N2O/c1-23(2)17-24(3,19-9-5-4-6-10-19)20-11-7-8-12-21(20)26(23)22(27)18-13-15-25-16-14-18/h4-16H,17H2,1-3H3/t24-/m1/s1. The summed E-state index contributed by atoms with van der Waals surface area (Å²) in [6, 6.07) is 22.5. The van der Waals surface area contributed by atoms with Crippen LogP contribution < -0.4 is 4.90 Å². The maximum absolute atomic E-state index is 13.4. The van der Waals surface area contributed by atoms with Crippen LogP contribution in [0.2, 0.25) is 0 Å². The van der Waals surface area contributed by atoms with Crippen LogP contribution in [0.3, 0.4) is 0 Å². The third-order valence-corrected chi connectivity index (χ3v) is 5.67. The average molecular weight is 356 g/mol. The Morgan fingerprint density at radius 1 is 0.889 bits per heavy atom. The summed E-state index contributed by atoms with van der Waals surface area (Å²) in [6.07, 6.45) is 4.19. The van der Waals surface area contributed by atoms with E-state index < -0.39 is 0 Å². The number of pyridine rings is 1. The lowest BCUT2D eigenvalue weighted by Gasteiger charge is -2.51. The van der Waals surface area contributed by atoms with Crippen molar-refractivity contribution in [1.82, 2.24) is 4.98 Å². The molecule has 27 heavy (non-hydrogen) atoms. The normalized spacial score (nSPS) is 20.8. The zero-order valence-corrected chi connectivity index (χ0v) is 16.0. The molecule has 0 N–H and O–H groups in total. The van der Waals surface area contributed by atoms with Crippen LogP contribution in [0.25, 0.3) is 0 Å². The number of fused-ring (bicyclic) bond motifs is 1. The van der Waals surface area contributed by atoms with Gasteiger partial charge in [-0.05, 0) is 49.6 Å². The first-order valence-corrected chi connectivity index (χ1v) is 9.33. The van der Waals surface area contributed by atoms with E-state index in [1.807, 2.05) is 17.0 Å². The topological polar surface area (TPSA) is 33.2 Å². The van der Waals surface area contributed by atoms with Crippen molar-refractivity contribution in [2.24, 2.45) is 0 Å². The van der Waals surface area contributed by atoms with Gasteiger partial charge in [-0.1, -0.05) is 55.5 Å². The maximum Gasteiger partial charge on any atom is 0.258 e. The van der Waals surface area contributed by atoms with Gasteiger partial charge in [-0.15, -0.1) is 0 Å². The van der Waals surface area contributed by atoms with Gasteiger partial charge in [-0.25, -0.2) is 0 Å². The predicted octanol–water partition coefficient (Wildman–Crippen LogP) is 5.22. The molecule has 1 atom stereocenters. The summed E-state index contributed by atoms with van der Waals surface area (Å²) in [7, 11) is 0. The van der Waals surface area contributed by atoms with Gasteiger partial charge in [0, 0.05) is 34.6 Å². The summed E-state index contributed by atoms with van der Waals surface area (Å²) >= 11 is 0. The number of nitrogens with zero attached hydrogens (tertiary/aromatic N) is 2. The summed E-state index contributed by atoms with van der Waals surface area (Å²) in [5, 5.41) is 0. The minimum absolute atomic E-state index is 0.0185. The highest BCUT2D eigenvalue weighted by atomic mass is 16.2. The van der Waals surface area contributed by atoms with Crippen molar-refractivity contribution < 1.29 is 4.79 Å². The quantitative estimate of drug-likeness (QED) is 0.631.